The highest BCUT2D eigenvalue weighted by Crippen LogP contribution is 2.20. The molecule has 26 heavy (non-hydrogen) atoms. The Labute approximate surface area is 155 Å². The number of rotatable bonds is 5. The lowest BCUT2D eigenvalue weighted by Gasteiger charge is -2.32. The second-order valence-electron chi connectivity index (χ2n) is 6.81. The number of piperidine rings is 1. The summed E-state index contributed by atoms with van der Waals surface area (Å²) in [5.41, 5.74) is 3.24. The maximum Gasteiger partial charge on any atom is 0.227 e. The lowest BCUT2D eigenvalue weighted by Crippen LogP contribution is -2.49. The van der Waals surface area contributed by atoms with Crippen LogP contribution < -0.4 is 4.72 Å². The number of nitrogens with zero attached hydrogens (tertiary/aromatic N) is 1. The van der Waals surface area contributed by atoms with Crippen LogP contribution >= 0.6 is 0 Å². The van der Waals surface area contributed by atoms with E-state index in [1.807, 2.05) is 42.5 Å². The van der Waals surface area contributed by atoms with Crippen LogP contribution in [0.4, 0.5) is 0 Å². The topological polar surface area (TPSA) is 66.5 Å². The van der Waals surface area contributed by atoms with E-state index in [4.69, 9.17) is 0 Å². The van der Waals surface area contributed by atoms with E-state index in [-0.39, 0.29) is 11.9 Å². The second kappa shape index (κ2) is 8.01. The fourth-order valence-corrected chi connectivity index (χ4v) is 4.13. The molecule has 1 saturated heterocycles. The number of hydrogen-bond acceptors (Lipinski definition) is 3. The molecule has 1 fully saturated rings. The highest BCUT2D eigenvalue weighted by atomic mass is 32.2. The van der Waals surface area contributed by atoms with Crippen molar-refractivity contribution in [1.29, 1.82) is 0 Å². The molecule has 0 aromatic heterocycles. The van der Waals surface area contributed by atoms with E-state index in [0.717, 1.165) is 35.8 Å². The molecule has 0 bridgehead atoms. The Bertz CT molecular complexity index is 848. The first-order chi connectivity index (χ1) is 12.4. The van der Waals surface area contributed by atoms with Gasteiger partial charge in [-0.2, -0.15) is 0 Å². The van der Waals surface area contributed by atoms with Gasteiger partial charge in [0.05, 0.1) is 12.7 Å². The van der Waals surface area contributed by atoms with Gasteiger partial charge in [-0.25, -0.2) is 13.1 Å². The van der Waals surface area contributed by atoms with Gasteiger partial charge in [-0.1, -0.05) is 54.6 Å². The summed E-state index contributed by atoms with van der Waals surface area (Å²) >= 11 is 0. The first-order valence-corrected chi connectivity index (χ1v) is 10.7. The molecule has 5 nitrogen and oxygen atoms in total. The maximum atomic E-state index is 12.6. The lowest BCUT2D eigenvalue weighted by molar-refractivity contribution is -0.131. The van der Waals surface area contributed by atoms with Crippen molar-refractivity contribution in [3.8, 4) is 11.1 Å². The predicted octanol–water partition coefficient (Wildman–Crippen LogP) is 2.44. The van der Waals surface area contributed by atoms with Gasteiger partial charge in [-0.05, 0) is 29.5 Å². The first kappa shape index (κ1) is 18.6. The van der Waals surface area contributed by atoms with Gasteiger partial charge in [0.15, 0.2) is 0 Å². The fourth-order valence-electron chi connectivity index (χ4n) is 3.33. The number of carbonyl (C=O) groups is 1. The molecule has 0 aliphatic carbocycles. The van der Waals surface area contributed by atoms with Crippen LogP contribution in [0.2, 0.25) is 0 Å². The van der Waals surface area contributed by atoms with E-state index in [9.17, 15) is 13.2 Å². The lowest BCUT2D eigenvalue weighted by atomic mass is 10.0. The third-order valence-electron chi connectivity index (χ3n) is 4.57. The van der Waals surface area contributed by atoms with E-state index < -0.39 is 10.0 Å². The van der Waals surface area contributed by atoms with E-state index >= 15 is 0 Å². The van der Waals surface area contributed by atoms with Crippen LogP contribution in [0.3, 0.4) is 0 Å². The van der Waals surface area contributed by atoms with Crippen molar-refractivity contribution >= 4 is 15.9 Å². The smallest absolute Gasteiger partial charge is 0.227 e. The van der Waals surface area contributed by atoms with Crippen LogP contribution in [0.5, 0.6) is 0 Å². The summed E-state index contributed by atoms with van der Waals surface area (Å²) in [5, 5.41) is 0. The van der Waals surface area contributed by atoms with Gasteiger partial charge < -0.3 is 4.90 Å². The van der Waals surface area contributed by atoms with Gasteiger partial charge in [0, 0.05) is 19.1 Å². The Morgan fingerprint density at radius 1 is 1.08 bits per heavy atom. The van der Waals surface area contributed by atoms with Crippen molar-refractivity contribution in [2.24, 2.45) is 0 Å². The number of benzene rings is 2. The van der Waals surface area contributed by atoms with Crippen LogP contribution in [0.15, 0.2) is 54.6 Å². The number of nitrogens with one attached hydrogen (secondary N) is 1. The van der Waals surface area contributed by atoms with Crippen molar-refractivity contribution in [3.63, 3.8) is 0 Å². The highest BCUT2D eigenvalue weighted by molar-refractivity contribution is 7.88. The Hall–Kier alpha value is -2.18. The molecule has 1 heterocycles. The van der Waals surface area contributed by atoms with Gasteiger partial charge in [0.2, 0.25) is 15.9 Å². The number of hydrogen-bond donors (Lipinski definition) is 1. The quantitative estimate of drug-likeness (QED) is 0.877. The molecule has 3 rings (SSSR count). The average Bonchev–Trinajstić information content (AvgIpc) is 2.62. The number of likely N-dealkylation sites (tertiary alicyclic amines) is 1. The minimum absolute atomic E-state index is 0.0393. The molecular weight excluding hydrogens is 348 g/mol. The van der Waals surface area contributed by atoms with Crippen molar-refractivity contribution < 1.29 is 13.2 Å². The van der Waals surface area contributed by atoms with Gasteiger partial charge in [-0.3, -0.25) is 4.79 Å². The molecule has 1 aliphatic rings. The van der Waals surface area contributed by atoms with Crippen molar-refractivity contribution in [2.45, 2.75) is 25.3 Å². The van der Waals surface area contributed by atoms with Gasteiger partial charge in [0.25, 0.3) is 0 Å². The normalized spacial score (nSPS) is 17.9. The van der Waals surface area contributed by atoms with E-state index in [0.29, 0.717) is 19.5 Å². The summed E-state index contributed by atoms with van der Waals surface area (Å²) in [7, 11) is -3.25. The van der Waals surface area contributed by atoms with Crippen LogP contribution in [-0.2, 0) is 21.2 Å². The molecule has 6 heteroatoms. The van der Waals surface area contributed by atoms with Gasteiger partial charge in [-0.15, -0.1) is 0 Å². The molecular formula is C20H24N2O3S. The van der Waals surface area contributed by atoms with Crippen LogP contribution in [0, 0.1) is 0 Å². The Kier molecular flexibility index (Phi) is 5.74. The van der Waals surface area contributed by atoms with E-state index in [1.54, 1.807) is 4.90 Å². The maximum absolute atomic E-state index is 12.6. The second-order valence-corrected chi connectivity index (χ2v) is 8.59. The van der Waals surface area contributed by atoms with Crippen LogP contribution in [0.25, 0.3) is 11.1 Å². The largest absolute Gasteiger partial charge is 0.341 e. The summed E-state index contributed by atoms with van der Waals surface area (Å²) in [5.74, 6) is 0.0393. The Morgan fingerprint density at radius 2 is 1.73 bits per heavy atom. The van der Waals surface area contributed by atoms with Crippen LogP contribution in [-0.4, -0.2) is 44.6 Å². The summed E-state index contributed by atoms with van der Waals surface area (Å²) in [6.45, 7) is 1.12. The minimum atomic E-state index is -3.25. The highest BCUT2D eigenvalue weighted by Gasteiger charge is 2.25. The minimum Gasteiger partial charge on any atom is -0.341 e. The number of sulfonamides is 1. The zero-order chi connectivity index (χ0) is 18.6. The van der Waals surface area contributed by atoms with E-state index in [2.05, 4.69) is 16.9 Å². The van der Waals surface area contributed by atoms with E-state index in [1.165, 1.54) is 0 Å². The Balaban J connectivity index is 1.61. The van der Waals surface area contributed by atoms with Gasteiger partial charge in [0.1, 0.15) is 0 Å². The molecule has 1 amide bonds. The zero-order valence-corrected chi connectivity index (χ0v) is 15.7. The number of amides is 1. The molecule has 138 valence electrons. The SMILES string of the molecule is CS(=O)(=O)N[C@@H]1CCCN(C(=O)Cc2ccc(-c3ccccc3)cc2)C1. The third kappa shape index (κ3) is 5.16. The molecule has 0 spiro atoms. The summed E-state index contributed by atoms with van der Waals surface area (Å²) in [4.78, 5) is 14.3. The first-order valence-electron chi connectivity index (χ1n) is 8.80. The van der Waals surface area contributed by atoms with Crippen molar-refractivity contribution in [2.75, 3.05) is 19.3 Å². The fraction of sp³-hybridized carbons (Fsp3) is 0.350. The summed E-state index contributed by atoms with van der Waals surface area (Å²) < 4.78 is 25.4. The molecule has 0 radical (unpaired) electrons. The summed E-state index contributed by atoms with van der Waals surface area (Å²) in [6, 6.07) is 17.9. The molecule has 2 aromatic carbocycles. The van der Waals surface area contributed by atoms with Crippen molar-refractivity contribution in [3.05, 3.63) is 60.2 Å². The molecule has 0 saturated carbocycles. The molecule has 0 unspecified atom stereocenters. The standard InChI is InChI=1S/C20H24N2O3S/c1-26(24,25)21-19-8-5-13-22(15-19)20(23)14-16-9-11-18(12-10-16)17-6-3-2-4-7-17/h2-4,6-7,9-12,19,21H,5,8,13-15H2,1H3/t19-/m1/s1. The predicted molar refractivity (Wildman–Crippen MR) is 103 cm³/mol. The Morgan fingerprint density at radius 3 is 2.38 bits per heavy atom. The number of carbonyl (C=O) groups excluding carboxylic acids is 1. The zero-order valence-electron chi connectivity index (χ0n) is 14.9. The molecule has 1 N–H and O–H groups in total. The van der Waals surface area contributed by atoms with Crippen LogP contribution in [0.1, 0.15) is 18.4 Å². The molecule has 1 aliphatic heterocycles. The molecule has 1 atom stereocenters. The third-order valence-corrected chi connectivity index (χ3v) is 5.33. The van der Waals surface area contributed by atoms with Crippen molar-refractivity contribution in [1.82, 2.24) is 9.62 Å². The van der Waals surface area contributed by atoms with Gasteiger partial charge >= 0.3 is 0 Å². The average molecular weight is 372 g/mol. The summed E-state index contributed by atoms with van der Waals surface area (Å²) in [6.07, 6.45) is 3.07. The monoisotopic (exact) mass is 372 g/mol. The molecule has 2 aromatic rings.